The molecular weight excluding hydrogens is 212 g/mol. The first-order valence-electron chi connectivity index (χ1n) is 5.87. The Morgan fingerprint density at radius 1 is 1.41 bits per heavy atom. The molecule has 0 radical (unpaired) electrons. The molecule has 1 aromatic carbocycles. The van der Waals surface area contributed by atoms with Crippen molar-refractivity contribution in [2.45, 2.75) is 39.2 Å². The maximum Gasteiger partial charge on any atom is 0.251 e. The summed E-state index contributed by atoms with van der Waals surface area (Å²) in [5.41, 5.74) is 0.865. The standard InChI is InChI=1S/C14H18N2O/c1-4-14(3,5-2)16-13(17)12-8-6-7-11(9-12)10-15/h6-9H,4-5H2,1-3H3,(H,16,17). The first-order chi connectivity index (χ1) is 8.04. The van der Waals surface area contributed by atoms with Crippen LogP contribution in [0.1, 0.15) is 49.5 Å². The highest BCUT2D eigenvalue weighted by Gasteiger charge is 2.22. The number of carbonyl (C=O) groups excluding carboxylic acids is 1. The van der Waals surface area contributed by atoms with Gasteiger partial charge < -0.3 is 5.32 Å². The van der Waals surface area contributed by atoms with Gasteiger partial charge in [-0.1, -0.05) is 19.9 Å². The number of nitrogens with zero attached hydrogens (tertiary/aromatic N) is 1. The Morgan fingerprint density at radius 3 is 2.59 bits per heavy atom. The average molecular weight is 230 g/mol. The zero-order valence-electron chi connectivity index (χ0n) is 10.6. The van der Waals surface area contributed by atoms with E-state index >= 15 is 0 Å². The third-order valence-corrected chi connectivity index (χ3v) is 3.23. The van der Waals surface area contributed by atoms with Gasteiger partial charge in [0.1, 0.15) is 0 Å². The predicted molar refractivity (Wildman–Crippen MR) is 67.6 cm³/mol. The fourth-order valence-corrected chi connectivity index (χ4v) is 1.50. The highest BCUT2D eigenvalue weighted by atomic mass is 16.1. The molecule has 0 bridgehead atoms. The maximum absolute atomic E-state index is 12.0. The Kier molecular flexibility index (Phi) is 4.28. The van der Waals surface area contributed by atoms with Crippen molar-refractivity contribution in [3.63, 3.8) is 0 Å². The van der Waals surface area contributed by atoms with Gasteiger partial charge in [-0.3, -0.25) is 4.79 Å². The quantitative estimate of drug-likeness (QED) is 0.864. The fourth-order valence-electron chi connectivity index (χ4n) is 1.50. The molecule has 0 aliphatic rings. The van der Waals surface area contributed by atoms with Gasteiger partial charge >= 0.3 is 0 Å². The zero-order chi connectivity index (χ0) is 12.9. The number of carbonyl (C=O) groups is 1. The highest BCUT2D eigenvalue weighted by Crippen LogP contribution is 2.15. The Hall–Kier alpha value is -1.82. The number of hydrogen-bond acceptors (Lipinski definition) is 2. The van der Waals surface area contributed by atoms with E-state index in [1.54, 1.807) is 24.3 Å². The van der Waals surface area contributed by atoms with Crippen LogP contribution in [-0.4, -0.2) is 11.4 Å². The second-order valence-corrected chi connectivity index (χ2v) is 4.41. The molecule has 1 N–H and O–H groups in total. The van der Waals surface area contributed by atoms with Gasteiger partial charge in [-0.05, 0) is 38.0 Å². The SMILES string of the molecule is CCC(C)(CC)NC(=O)c1cccc(C#N)c1. The number of amides is 1. The first-order valence-corrected chi connectivity index (χ1v) is 5.87. The summed E-state index contributed by atoms with van der Waals surface area (Å²) in [4.78, 5) is 12.0. The molecule has 0 aromatic heterocycles. The Balaban J connectivity index is 2.87. The largest absolute Gasteiger partial charge is 0.347 e. The molecule has 0 saturated carbocycles. The lowest BCUT2D eigenvalue weighted by Crippen LogP contribution is -2.44. The molecule has 17 heavy (non-hydrogen) atoms. The second kappa shape index (κ2) is 5.49. The number of rotatable bonds is 4. The first kappa shape index (κ1) is 13.2. The van der Waals surface area contributed by atoms with Crippen LogP contribution in [0.2, 0.25) is 0 Å². The van der Waals surface area contributed by atoms with Crippen LogP contribution in [0.15, 0.2) is 24.3 Å². The van der Waals surface area contributed by atoms with Gasteiger partial charge in [0, 0.05) is 11.1 Å². The zero-order valence-corrected chi connectivity index (χ0v) is 10.6. The second-order valence-electron chi connectivity index (χ2n) is 4.41. The van der Waals surface area contributed by atoms with E-state index < -0.39 is 0 Å². The molecule has 90 valence electrons. The smallest absolute Gasteiger partial charge is 0.251 e. The van der Waals surface area contributed by atoms with Gasteiger partial charge in [0.05, 0.1) is 11.6 Å². The normalized spacial score (nSPS) is 10.7. The molecule has 1 aromatic rings. The third-order valence-electron chi connectivity index (χ3n) is 3.23. The van der Waals surface area contributed by atoms with Crippen LogP contribution in [0, 0.1) is 11.3 Å². The summed E-state index contributed by atoms with van der Waals surface area (Å²) in [5, 5.41) is 11.8. The molecule has 0 fully saturated rings. The monoisotopic (exact) mass is 230 g/mol. The number of benzene rings is 1. The molecule has 0 aliphatic heterocycles. The van der Waals surface area contributed by atoms with Gasteiger partial charge in [0.25, 0.3) is 5.91 Å². The van der Waals surface area contributed by atoms with Crippen LogP contribution in [0.25, 0.3) is 0 Å². The summed E-state index contributed by atoms with van der Waals surface area (Å²) >= 11 is 0. The predicted octanol–water partition coefficient (Wildman–Crippen LogP) is 2.87. The molecule has 1 amide bonds. The van der Waals surface area contributed by atoms with E-state index in [0.29, 0.717) is 11.1 Å². The van der Waals surface area contributed by atoms with Crippen molar-refractivity contribution >= 4 is 5.91 Å². The topological polar surface area (TPSA) is 52.9 Å². The molecular formula is C14H18N2O. The molecule has 0 aliphatic carbocycles. The molecule has 0 spiro atoms. The van der Waals surface area contributed by atoms with Gasteiger partial charge in [-0.25, -0.2) is 0 Å². The summed E-state index contributed by atoms with van der Waals surface area (Å²) < 4.78 is 0. The fraction of sp³-hybridized carbons (Fsp3) is 0.429. The van der Waals surface area contributed by atoms with Crippen LogP contribution in [-0.2, 0) is 0 Å². The van der Waals surface area contributed by atoms with Crippen LogP contribution < -0.4 is 5.32 Å². The van der Waals surface area contributed by atoms with Crippen molar-refractivity contribution in [1.82, 2.24) is 5.32 Å². The lowest BCUT2D eigenvalue weighted by atomic mass is 9.95. The molecule has 0 saturated heterocycles. The van der Waals surface area contributed by atoms with Gasteiger partial charge in [0.15, 0.2) is 0 Å². The van der Waals surface area contributed by atoms with E-state index in [1.165, 1.54) is 0 Å². The lowest BCUT2D eigenvalue weighted by molar-refractivity contribution is 0.0901. The molecule has 0 atom stereocenters. The van der Waals surface area contributed by atoms with Crippen LogP contribution in [0.3, 0.4) is 0 Å². The van der Waals surface area contributed by atoms with Crippen LogP contribution in [0.5, 0.6) is 0 Å². The van der Waals surface area contributed by atoms with Crippen LogP contribution in [0.4, 0.5) is 0 Å². The number of hydrogen-bond donors (Lipinski definition) is 1. The van der Waals surface area contributed by atoms with Crippen molar-refractivity contribution in [3.05, 3.63) is 35.4 Å². The van der Waals surface area contributed by atoms with Crippen molar-refractivity contribution in [2.24, 2.45) is 0 Å². The Labute approximate surface area is 102 Å². The van der Waals surface area contributed by atoms with Crippen molar-refractivity contribution in [1.29, 1.82) is 5.26 Å². The van der Waals surface area contributed by atoms with Crippen LogP contribution >= 0.6 is 0 Å². The maximum atomic E-state index is 12.0. The molecule has 0 heterocycles. The molecule has 1 rings (SSSR count). The summed E-state index contributed by atoms with van der Waals surface area (Å²) in [7, 11) is 0. The van der Waals surface area contributed by atoms with E-state index in [-0.39, 0.29) is 11.4 Å². The molecule has 3 nitrogen and oxygen atoms in total. The lowest BCUT2D eigenvalue weighted by Gasteiger charge is -2.28. The van der Waals surface area contributed by atoms with Gasteiger partial charge in [-0.2, -0.15) is 5.26 Å². The van der Waals surface area contributed by atoms with Crippen molar-refractivity contribution in [3.8, 4) is 6.07 Å². The van der Waals surface area contributed by atoms with Gasteiger partial charge in [-0.15, -0.1) is 0 Å². The van der Waals surface area contributed by atoms with E-state index in [2.05, 4.69) is 19.2 Å². The van der Waals surface area contributed by atoms with Gasteiger partial charge in [0.2, 0.25) is 0 Å². The minimum Gasteiger partial charge on any atom is -0.347 e. The minimum absolute atomic E-state index is 0.117. The third kappa shape index (κ3) is 3.32. The highest BCUT2D eigenvalue weighted by molar-refractivity contribution is 5.95. The van der Waals surface area contributed by atoms with E-state index in [0.717, 1.165) is 12.8 Å². The van der Waals surface area contributed by atoms with E-state index in [4.69, 9.17) is 5.26 Å². The summed E-state index contributed by atoms with van der Waals surface area (Å²) in [6.45, 7) is 6.13. The number of nitriles is 1. The van der Waals surface area contributed by atoms with E-state index in [1.807, 2.05) is 13.0 Å². The van der Waals surface area contributed by atoms with E-state index in [9.17, 15) is 4.79 Å². The summed E-state index contributed by atoms with van der Waals surface area (Å²) in [6.07, 6.45) is 1.76. The Bertz CT molecular complexity index is 442. The summed E-state index contributed by atoms with van der Waals surface area (Å²) in [5.74, 6) is -0.117. The summed E-state index contributed by atoms with van der Waals surface area (Å²) in [6, 6.07) is 8.78. The number of nitrogens with one attached hydrogen (secondary N) is 1. The van der Waals surface area contributed by atoms with Crippen molar-refractivity contribution < 1.29 is 4.79 Å². The average Bonchev–Trinajstić information content (AvgIpc) is 2.38. The minimum atomic E-state index is -0.181. The Morgan fingerprint density at radius 2 is 2.06 bits per heavy atom. The van der Waals surface area contributed by atoms with Crippen molar-refractivity contribution in [2.75, 3.05) is 0 Å². The molecule has 3 heteroatoms. The molecule has 0 unspecified atom stereocenters.